The molecule has 1 radical (unpaired) electrons. The van der Waals surface area contributed by atoms with Gasteiger partial charge in [-0.1, -0.05) is 154 Å². The van der Waals surface area contributed by atoms with Crippen molar-refractivity contribution in [3.8, 4) is 50.6 Å². The maximum absolute atomic E-state index is 14.7. The number of imidazole rings is 1. The average Bonchev–Trinajstić information content (AvgIpc) is 3.90. The Morgan fingerprint density at radius 2 is 1.38 bits per heavy atom. The van der Waals surface area contributed by atoms with E-state index in [1.807, 2.05) is 72.9 Å². The van der Waals surface area contributed by atoms with Crippen molar-refractivity contribution in [1.29, 1.82) is 0 Å². The van der Waals surface area contributed by atoms with Crippen LogP contribution in [0.5, 0.6) is 0 Å². The fraction of sp³-hybridized carbons (Fsp3) is 0.119. The van der Waals surface area contributed by atoms with E-state index in [1.165, 1.54) is 16.8 Å². The minimum Gasteiger partial charge on any atom is -0.501 e. The topological polar surface area (TPSA) is 43.9 Å². The van der Waals surface area contributed by atoms with Gasteiger partial charge < -0.3 is 14.0 Å². The summed E-state index contributed by atoms with van der Waals surface area (Å²) >= 11 is 0. The first-order valence-electron chi connectivity index (χ1n) is 22.1. The summed E-state index contributed by atoms with van der Waals surface area (Å²) < 4.78 is 23.7. The smallest absolute Gasteiger partial charge is 0.131 e. The van der Waals surface area contributed by atoms with Crippen LogP contribution in [0.2, 0.25) is 19.6 Å². The van der Waals surface area contributed by atoms with Gasteiger partial charge in [0.1, 0.15) is 11.4 Å². The third-order valence-corrected chi connectivity index (χ3v) is 14.2. The molecule has 327 valence electrons. The Balaban J connectivity index is 0.000000273. The van der Waals surface area contributed by atoms with Crippen molar-refractivity contribution in [2.45, 2.75) is 45.8 Å². The van der Waals surface area contributed by atoms with Crippen LogP contribution >= 0.6 is 0 Å². The molecule has 3 aromatic heterocycles. The fourth-order valence-electron chi connectivity index (χ4n) is 8.62. The van der Waals surface area contributed by atoms with Gasteiger partial charge in [0.2, 0.25) is 0 Å². The van der Waals surface area contributed by atoms with Crippen LogP contribution in [0.25, 0.3) is 94.3 Å². The van der Waals surface area contributed by atoms with E-state index in [9.17, 15) is 4.39 Å². The van der Waals surface area contributed by atoms with Crippen molar-refractivity contribution < 1.29 is 28.9 Å². The fourth-order valence-corrected chi connectivity index (χ4v) is 9.66. The second-order valence-electron chi connectivity index (χ2n) is 18.6. The molecule has 4 nitrogen and oxygen atoms in total. The molecule has 66 heavy (non-hydrogen) atoms. The number of benzene rings is 8. The Bertz CT molecular complexity index is 3510. The maximum atomic E-state index is 14.7. The molecule has 0 aliphatic rings. The Kier molecular flexibility index (Phi) is 12.1. The van der Waals surface area contributed by atoms with Gasteiger partial charge in [-0.2, -0.15) is 0 Å². The number of pyridine rings is 1. The van der Waals surface area contributed by atoms with Crippen LogP contribution in [-0.2, 0) is 25.5 Å². The number of furan rings is 1. The molecule has 0 fully saturated rings. The predicted molar refractivity (Wildman–Crippen MR) is 271 cm³/mol. The summed E-state index contributed by atoms with van der Waals surface area (Å²) in [6, 6.07) is 65.8. The molecule has 3 heterocycles. The zero-order valence-corrected chi connectivity index (χ0v) is 41.2. The van der Waals surface area contributed by atoms with Gasteiger partial charge in [0.05, 0.1) is 30.5 Å². The van der Waals surface area contributed by atoms with Crippen molar-refractivity contribution in [2.75, 3.05) is 0 Å². The molecule has 0 amide bonds. The monoisotopic (exact) mass is 1050 g/mol. The summed E-state index contributed by atoms with van der Waals surface area (Å²) in [5, 5.41) is 4.86. The van der Waals surface area contributed by atoms with Crippen LogP contribution < -0.4 is 5.19 Å². The van der Waals surface area contributed by atoms with Gasteiger partial charge in [-0.3, -0.25) is 4.98 Å². The Labute approximate surface area is 400 Å². The molecule has 0 aliphatic carbocycles. The van der Waals surface area contributed by atoms with Gasteiger partial charge in [0, 0.05) is 48.3 Å². The van der Waals surface area contributed by atoms with E-state index in [4.69, 9.17) is 9.40 Å². The van der Waals surface area contributed by atoms with Gasteiger partial charge in [-0.05, 0) is 80.3 Å². The summed E-state index contributed by atoms with van der Waals surface area (Å²) in [7, 11) is -1.23. The normalized spacial score (nSPS) is 11.7. The third kappa shape index (κ3) is 8.46. The van der Waals surface area contributed by atoms with E-state index in [2.05, 4.69) is 165 Å². The molecule has 0 atom stereocenters. The summed E-state index contributed by atoms with van der Waals surface area (Å²) in [5.41, 5.74) is 12.7. The van der Waals surface area contributed by atoms with E-state index < -0.39 is 8.07 Å². The molecule has 0 N–H and O–H groups in total. The minimum absolute atomic E-state index is 0. The van der Waals surface area contributed by atoms with Gasteiger partial charge in [0.15, 0.2) is 0 Å². The SMILES string of the molecule is CC(C)(C)c1ccc(-n2c(-c3[c-]ccc4c3oc3cc(-c5ccc(F)c6ccccc56)ccc34)nc3ccccc32)c(-c2ccccc2)c1.C[Si](C)(C)c1ccc(-c2[c-]cccc2)nc1.[Ir]. The van der Waals surface area contributed by atoms with E-state index in [-0.39, 0.29) is 31.3 Å². The predicted octanol–water partition coefficient (Wildman–Crippen LogP) is 15.4. The quantitative estimate of drug-likeness (QED) is 0.123. The number of rotatable bonds is 6. The van der Waals surface area contributed by atoms with Crippen LogP contribution in [0.15, 0.2) is 187 Å². The number of halogens is 1. The number of fused-ring (bicyclic) bond motifs is 5. The Hall–Kier alpha value is -6.76. The van der Waals surface area contributed by atoms with E-state index >= 15 is 0 Å². The maximum Gasteiger partial charge on any atom is 0.131 e. The van der Waals surface area contributed by atoms with Crippen LogP contribution in [0.4, 0.5) is 4.39 Å². The average molecular weight is 1050 g/mol. The first-order chi connectivity index (χ1) is 31.4. The van der Waals surface area contributed by atoms with Gasteiger partial charge in [-0.25, -0.2) is 4.39 Å². The molecule has 0 aliphatic heterocycles. The molecule has 0 spiro atoms. The molecule has 0 bridgehead atoms. The molecular weight excluding hydrogens is 1010 g/mol. The van der Waals surface area contributed by atoms with Crippen molar-refractivity contribution in [1.82, 2.24) is 14.5 Å². The standard InChI is InChI=1S/C45H32FN2O.C14H16NSi.Ir/c1-45(2,3)30-21-25-40(37(27-30)28-12-5-4-6-13-28)48-41-19-10-9-18-39(41)47-44(48)36-17-11-16-35-34-22-20-29(26-42(34)49-43(35)36)31-23-24-38(46)33-15-8-7-14-32(31)33;1-16(2,3)13-9-10-14(15-11-13)12-7-5-4-6-8-12;/h4-16,18-27H,1-3H3;4-7,9-11H,1-3H3;/q2*-1;. The van der Waals surface area contributed by atoms with Crippen LogP contribution in [0.1, 0.15) is 26.3 Å². The second-order valence-corrected chi connectivity index (χ2v) is 23.7. The Morgan fingerprint density at radius 3 is 2.12 bits per heavy atom. The summed E-state index contributed by atoms with van der Waals surface area (Å²) in [6.45, 7) is 13.7. The van der Waals surface area contributed by atoms with Crippen molar-refractivity contribution >= 4 is 57.0 Å². The molecule has 0 saturated heterocycles. The molecule has 11 aromatic rings. The third-order valence-electron chi connectivity index (χ3n) is 12.2. The molecule has 11 rings (SSSR count). The number of hydrogen-bond donors (Lipinski definition) is 0. The zero-order chi connectivity index (χ0) is 44.9. The molecule has 7 heteroatoms. The van der Waals surface area contributed by atoms with E-state index in [0.29, 0.717) is 5.39 Å². The number of para-hydroxylation sites is 2. The molecular formula is C59H48FIrN3OSi-2. The van der Waals surface area contributed by atoms with Gasteiger partial charge in [-0.15, -0.1) is 54.1 Å². The molecule has 0 saturated carbocycles. The largest absolute Gasteiger partial charge is 0.501 e. The van der Waals surface area contributed by atoms with Crippen LogP contribution in [0, 0.1) is 17.9 Å². The van der Waals surface area contributed by atoms with Crippen LogP contribution in [0.3, 0.4) is 0 Å². The van der Waals surface area contributed by atoms with Crippen molar-refractivity contribution in [3.63, 3.8) is 0 Å². The molecule has 8 aromatic carbocycles. The van der Waals surface area contributed by atoms with Crippen molar-refractivity contribution in [2.24, 2.45) is 0 Å². The summed E-state index contributed by atoms with van der Waals surface area (Å²) in [5.74, 6) is 0.534. The van der Waals surface area contributed by atoms with E-state index in [0.717, 1.165) is 88.9 Å². The van der Waals surface area contributed by atoms with Crippen LogP contribution in [-0.4, -0.2) is 22.6 Å². The summed E-state index contributed by atoms with van der Waals surface area (Å²) in [6.07, 6.45) is 2.02. The minimum atomic E-state index is -1.23. The number of nitrogens with zero attached hydrogens (tertiary/aromatic N) is 3. The van der Waals surface area contributed by atoms with E-state index in [1.54, 1.807) is 0 Å². The van der Waals surface area contributed by atoms with Gasteiger partial charge >= 0.3 is 0 Å². The number of aromatic nitrogens is 3. The Morgan fingerprint density at radius 1 is 0.621 bits per heavy atom. The molecule has 0 unspecified atom stereocenters. The second kappa shape index (κ2) is 17.9. The van der Waals surface area contributed by atoms with Gasteiger partial charge in [0.25, 0.3) is 0 Å². The summed E-state index contributed by atoms with van der Waals surface area (Å²) in [4.78, 5) is 9.75. The zero-order valence-electron chi connectivity index (χ0n) is 37.8. The first-order valence-corrected chi connectivity index (χ1v) is 25.6. The van der Waals surface area contributed by atoms with Crippen molar-refractivity contribution in [3.05, 3.63) is 206 Å². The number of hydrogen-bond acceptors (Lipinski definition) is 3. The first kappa shape index (κ1) is 44.4.